The molecule has 0 radical (unpaired) electrons. The van der Waals surface area contributed by atoms with E-state index < -0.39 is 0 Å². The third-order valence-electron chi connectivity index (χ3n) is 5.02. The molecular weight excluding hydrogens is 278 g/mol. The highest BCUT2D eigenvalue weighted by molar-refractivity contribution is 5.82. The fraction of sp³-hybridized carbons (Fsp3) is 0.812. The first-order valence-corrected chi connectivity index (χ1v) is 8.45. The highest BCUT2D eigenvalue weighted by Crippen LogP contribution is 2.25. The van der Waals surface area contributed by atoms with E-state index in [-0.39, 0.29) is 12.1 Å². The number of carbonyl (C=O) groups excluding carboxylic acids is 1. The maximum Gasteiger partial charge on any atom is 0.239 e. The Morgan fingerprint density at radius 1 is 1.14 bits per heavy atom. The second-order valence-corrected chi connectivity index (χ2v) is 6.72. The molecule has 0 unspecified atom stereocenters. The number of aryl methyl sites for hydroxylation is 2. The molecule has 6 nitrogen and oxygen atoms in total. The number of likely N-dealkylation sites (tertiary alicyclic amines) is 2. The number of hydrogen-bond acceptors (Lipinski definition) is 4. The second kappa shape index (κ2) is 6.36. The predicted octanol–water partition coefficient (Wildman–Crippen LogP) is 1.54. The average Bonchev–Trinajstić information content (AvgIpc) is 2.86. The lowest BCUT2D eigenvalue weighted by Crippen LogP contribution is -2.52. The van der Waals surface area contributed by atoms with Crippen LogP contribution in [-0.4, -0.2) is 63.2 Å². The number of aromatic nitrogens is 3. The molecule has 3 rings (SSSR count). The summed E-state index contributed by atoms with van der Waals surface area (Å²) in [6.07, 6.45) is 5.50. The van der Waals surface area contributed by atoms with Crippen molar-refractivity contribution >= 4 is 5.91 Å². The summed E-state index contributed by atoms with van der Waals surface area (Å²) in [6.45, 7) is 6.61. The molecule has 0 aliphatic carbocycles. The molecule has 122 valence electrons. The summed E-state index contributed by atoms with van der Waals surface area (Å²) in [6, 6.07) is 0.346. The van der Waals surface area contributed by atoms with E-state index in [0.717, 1.165) is 50.5 Å². The van der Waals surface area contributed by atoms with E-state index in [9.17, 15) is 4.79 Å². The number of rotatable bonds is 2. The summed E-state index contributed by atoms with van der Waals surface area (Å²) >= 11 is 0. The van der Waals surface area contributed by atoms with Gasteiger partial charge in [0.2, 0.25) is 5.91 Å². The van der Waals surface area contributed by atoms with Gasteiger partial charge >= 0.3 is 0 Å². The molecule has 2 saturated heterocycles. The van der Waals surface area contributed by atoms with E-state index in [1.165, 1.54) is 12.8 Å². The zero-order valence-corrected chi connectivity index (χ0v) is 14.0. The summed E-state index contributed by atoms with van der Waals surface area (Å²) in [5, 5.41) is 4.51. The van der Waals surface area contributed by atoms with Gasteiger partial charge in [-0.1, -0.05) is 6.42 Å². The Bertz CT molecular complexity index is 541. The summed E-state index contributed by atoms with van der Waals surface area (Å²) < 4.78 is 2.01. The van der Waals surface area contributed by atoms with Crippen LogP contribution in [0.3, 0.4) is 0 Å². The zero-order valence-electron chi connectivity index (χ0n) is 14.0. The first-order chi connectivity index (χ1) is 10.6. The van der Waals surface area contributed by atoms with Gasteiger partial charge in [0.25, 0.3) is 0 Å². The molecule has 6 heteroatoms. The maximum atomic E-state index is 12.9. The Labute approximate surface area is 132 Å². The lowest BCUT2D eigenvalue weighted by molar-refractivity contribution is -0.139. The summed E-state index contributed by atoms with van der Waals surface area (Å²) in [5.41, 5.74) is 0. The molecule has 1 aromatic rings. The van der Waals surface area contributed by atoms with Crippen molar-refractivity contribution in [3.05, 3.63) is 11.6 Å². The molecule has 0 bridgehead atoms. The monoisotopic (exact) mass is 305 g/mol. The van der Waals surface area contributed by atoms with Crippen molar-refractivity contribution in [3.8, 4) is 0 Å². The SMILES string of the molecule is Cc1nc(C)n([C@H]2CCCN(C(=O)[C@H]3CCCCN3C)C2)n1. The molecule has 2 fully saturated rings. The van der Waals surface area contributed by atoms with Gasteiger partial charge in [-0.15, -0.1) is 0 Å². The Morgan fingerprint density at radius 2 is 1.95 bits per heavy atom. The van der Waals surface area contributed by atoms with E-state index in [4.69, 9.17) is 0 Å². The van der Waals surface area contributed by atoms with Gasteiger partial charge in [-0.3, -0.25) is 9.69 Å². The van der Waals surface area contributed by atoms with Gasteiger partial charge in [-0.2, -0.15) is 5.10 Å². The van der Waals surface area contributed by atoms with Crippen molar-refractivity contribution in [1.82, 2.24) is 24.6 Å². The molecular formula is C16H27N5O. The van der Waals surface area contributed by atoms with Crippen LogP contribution < -0.4 is 0 Å². The molecule has 3 heterocycles. The molecule has 2 aliphatic rings. The third kappa shape index (κ3) is 3.02. The van der Waals surface area contributed by atoms with Gasteiger partial charge in [0.1, 0.15) is 11.6 Å². The molecule has 2 atom stereocenters. The molecule has 0 spiro atoms. The summed E-state index contributed by atoms with van der Waals surface area (Å²) in [7, 11) is 2.08. The van der Waals surface area contributed by atoms with Crippen LogP contribution in [0.25, 0.3) is 0 Å². The van der Waals surface area contributed by atoms with Crippen LogP contribution in [0.4, 0.5) is 0 Å². The molecule has 0 saturated carbocycles. The van der Waals surface area contributed by atoms with Crippen molar-refractivity contribution in [1.29, 1.82) is 0 Å². The maximum absolute atomic E-state index is 12.9. The minimum atomic E-state index is 0.0751. The van der Waals surface area contributed by atoms with Crippen molar-refractivity contribution in [2.24, 2.45) is 0 Å². The van der Waals surface area contributed by atoms with Crippen LogP contribution in [0, 0.1) is 13.8 Å². The van der Waals surface area contributed by atoms with Crippen LogP contribution in [0.1, 0.15) is 49.8 Å². The number of hydrogen-bond donors (Lipinski definition) is 0. The minimum absolute atomic E-state index is 0.0751. The number of carbonyl (C=O) groups is 1. The van der Waals surface area contributed by atoms with E-state index in [1.54, 1.807) is 0 Å². The topological polar surface area (TPSA) is 54.3 Å². The third-order valence-corrected chi connectivity index (χ3v) is 5.02. The van der Waals surface area contributed by atoms with Crippen molar-refractivity contribution in [3.63, 3.8) is 0 Å². The van der Waals surface area contributed by atoms with Crippen LogP contribution >= 0.6 is 0 Å². The number of piperidine rings is 2. The van der Waals surface area contributed by atoms with Gasteiger partial charge in [-0.25, -0.2) is 9.67 Å². The first kappa shape index (κ1) is 15.5. The molecule has 2 aliphatic heterocycles. The smallest absolute Gasteiger partial charge is 0.239 e. The molecule has 0 aromatic carbocycles. The average molecular weight is 305 g/mol. The molecule has 0 N–H and O–H groups in total. The summed E-state index contributed by atoms with van der Waals surface area (Å²) in [4.78, 5) is 21.5. The van der Waals surface area contributed by atoms with E-state index in [1.807, 2.05) is 18.5 Å². The Morgan fingerprint density at radius 3 is 2.64 bits per heavy atom. The van der Waals surface area contributed by atoms with Crippen LogP contribution in [0.2, 0.25) is 0 Å². The molecule has 1 aromatic heterocycles. The number of likely N-dealkylation sites (N-methyl/N-ethyl adjacent to an activating group) is 1. The van der Waals surface area contributed by atoms with Crippen LogP contribution in [-0.2, 0) is 4.79 Å². The van der Waals surface area contributed by atoms with Gasteiger partial charge in [-0.05, 0) is 53.1 Å². The van der Waals surface area contributed by atoms with E-state index in [2.05, 4.69) is 26.9 Å². The Kier molecular flexibility index (Phi) is 4.47. The van der Waals surface area contributed by atoms with Crippen molar-refractivity contribution < 1.29 is 4.79 Å². The van der Waals surface area contributed by atoms with Gasteiger partial charge in [0.05, 0.1) is 12.1 Å². The standard InChI is InChI=1S/C16H27N5O/c1-12-17-13(2)21(18-12)14-7-6-10-20(11-14)16(22)15-8-4-5-9-19(15)3/h14-15H,4-11H2,1-3H3/t14-,15+/m0/s1. The van der Waals surface area contributed by atoms with Gasteiger partial charge < -0.3 is 4.90 Å². The molecule has 1 amide bonds. The molecule has 22 heavy (non-hydrogen) atoms. The normalized spacial score (nSPS) is 27.1. The van der Waals surface area contributed by atoms with E-state index in [0.29, 0.717) is 5.91 Å². The summed E-state index contributed by atoms with van der Waals surface area (Å²) in [5.74, 6) is 2.07. The van der Waals surface area contributed by atoms with Crippen molar-refractivity contribution in [2.45, 2.75) is 58.0 Å². The first-order valence-electron chi connectivity index (χ1n) is 8.45. The fourth-order valence-corrected chi connectivity index (χ4v) is 3.83. The van der Waals surface area contributed by atoms with Gasteiger partial charge in [0, 0.05) is 13.1 Å². The Hall–Kier alpha value is -1.43. The van der Waals surface area contributed by atoms with E-state index >= 15 is 0 Å². The van der Waals surface area contributed by atoms with Crippen LogP contribution in [0.5, 0.6) is 0 Å². The number of amides is 1. The predicted molar refractivity (Wildman–Crippen MR) is 84.6 cm³/mol. The largest absolute Gasteiger partial charge is 0.339 e. The van der Waals surface area contributed by atoms with Crippen LogP contribution in [0.15, 0.2) is 0 Å². The highest BCUT2D eigenvalue weighted by Gasteiger charge is 2.33. The minimum Gasteiger partial charge on any atom is -0.339 e. The number of nitrogens with zero attached hydrogens (tertiary/aromatic N) is 5. The highest BCUT2D eigenvalue weighted by atomic mass is 16.2. The Balaban J connectivity index is 1.70. The lowest BCUT2D eigenvalue weighted by atomic mass is 9.99. The lowest BCUT2D eigenvalue weighted by Gasteiger charge is -2.39. The second-order valence-electron chi connectivity index (χ2n) is 6.72. The fourth-order valence-electron chi connectivity index (χ4n) is 3.83. The van der Waals surface area contributed by atoms with Crippen molar-refractivity contribution in [2.75, 3.05) is 26.7 Å². The quantitative estimate of drug-likeness (QED) is 0.832. The zero-order chi connectivity index (χ0) is 15.7. The van der Waals surface area contributed by atoms with Gasteiger partial charge in [0.15, 0.2) is 0 Å².